The SMILES string of the molecule is C=C(/C=C\C(=C)C(C)(C)OCN(C)F)/C=C/c1ccc(NC)cc1. The molecule has 0 saturated heterocycles. The van der Waals surface area contributed by atoms with Crippen molar-refractivity contribution in [2.24, 2.45) is 0 Å². The van der Waals surface area contributed by atoms with Gasteiger partial charge in [-0.1, -0.05) is 49.6 Å². The third-order valence-corrected chi connectivity index (χ3v) is 3.56. The molecule has 4 heteroatoms. The molecule has 130 valence electrons. The lowest BCUT2D eigenvalue weighted by molar-refractivity contribution is -0.111. The Balaban J connectivity index is 2.60. The minimum absolute atomic E-state index is 0.108. The van der Waals surface area contributed by atoms with Crippen LogP contribution in [0.4, 0.5) is 10.2 Å². The molecule has 0 aliphatic carbocycles. The van der Waals surface area contributed by atoms with Crippen LogP contribution in [0, 0.1) is 0 Å². The molecule has 0 unspecified atom stereocenters. The normalized spacial score (nSPS) is 12.2. The van der Waals surface area contributed by atoms with E-state index in [4.69, 9.17) is 4.74 Å². The number of benzene rings is 1. The average Bonchev–Trinajstić information content (AvgIpc) is 2.56. The fourth-order valence-electron chi connectivity index (χ4n) is 1.77. The van der Waals surface area contributed by atoms with Crippen LogP contribution in [0.25, 0.3) is 6.08 Å². The Morgan fingerprint density at radius 2 is 1.83 bits per heavy atom. The molecule has 1 aromatic carbocycles. The van der Waals surface area contributed by atoms with Crippen LogP contribution < -0.4 is 5.32 Å². The first-order valence-corrected chi connectivity index (χ1v) is 7.78. The van der Waals surface area contributed by atoms with E-state index in [1.165, 1.54) is 7.05 Å². The summed E-state index contributed by atoms with van der Waals surface area (Å²) in [7, 11) is 3.20. The molecule has 1 N–H and O–H groups in total. The van der Waals surface area contributed by atoms with Crippen LogP contribution in [0.2, 0.25) is 0 Å². The zero-order chi connectivity index (χ0) is 18.2. The van der Waals surface area contributed by atoms with Crippen molar-refractivity contribution in [3.8, 4) is 0 Å². The second-order valence-corrected chi connectivity index (χ2v) is 6.03. The Morgan fingerprint density at radius 3 is 2.38 bits per heavy atom. The monoisotopic (exact) mass is 330 g/mol. The van der Waals surface area contributed by atoms with Crippen LogP contribution in [0.15, 0.2) is 66.8 Å². The number of allylic oxidation sites excluding steroid dienone is 3. The minimum atomic E-state index is -0.649. The lowest BCUT2D eigenvalue weighted by Crippen LogP contribution is -2.30. The van der Waals surface area contributed by atoms with Gasteiger partial charge in [-0.15, -0.1) is 9.60 Å². The number of halogens is 1. The van der Waals surface area contributed by atoms with Gasteiger partial charge in [0.2, 0.25) is 0 Å². The van der Waals surface area contributed by atoms with Gasteiger partial charge in [0.05, 0.1) is 5.60 Å². The van der Waals surface area contributed by atoms with Crippen LogP contribution in [0.5, 0.6) is 0 Å². The summed E-state index contributed by atoms with van der Waals surface area (Å²) >= 11 is 0. The van der Waals surface area contributed by atoms with Crippen molar-refractivity contribution in [1.82, 2.24) is 5.12 Å². The number of hydrogen-bond donors (Lipinski definition) is 1. The van der Waals surface area contributed by atoms with Gasteiger partial charge in [-0.2, -0.15) is 0 Å². The van der Waals surface area contributed by atoms with Crippen LogP contribution in [-0.2, 0) is 4.74 Å². The second kappa shape index (κ2) is 9.21. The number of nitrogens with one attached hydrogen (secondary N) is 1. The van der Waals surface area contributed by atoms with E-state index in [1.54, 1.807) is 0 Å². The lowest BCUT2D eigenvalue weighted by Gasteiger charge is -2.26. The Hall–Kier alpha value is -2.17. The van der Waals surface area contributed by atoms with Crippen LogP contribution in [0.1, 0.15) is 19.4 Å². The van der Waals surface area contributed by atoms with Gasteiger partial charge in [-0.25, -0.2) is 0 Å². The summed E-state index contributed by atoms with van der Waals surface area (Å²) in [5.41, 5.74) is 3.11. The summed E-state index contributed by atoms with van der Waals surface area (Å²) in [5, 5.41) is 3.57. The molecule has 0 heterocycles. The molecule has 0 spiro atoms. The maximum atomic E-state index is 12.8. The van der Waals surface area contributed by atoms with Crippen molar-refractivity contribution in [2.75, 3.05) is 26.1 Å². The smallest absolute Gasteiger partial charge is 0.128 e. The molecule has 0 amide bonds. The summed E-state index contributed by atoms with van der Waals surface area (Å²) < 4.78 is 18.2. The molecule has 1 aromatic rings. The highest BCUT2D eigenvalue weighted by Crippen LogP contribution is 2.21. The molecule has 0 atom stereocenters. The molecule has 0 aliphatic rings. The van der Waals surface area contributed by atoms with E-state index in [0.29, 0.717) is 5.12 Å². The summed E-state index contributed by atoms with van der Waals surface area (Å²) in [5.74, 6) is 0. The van der Waals surface area contributed by atoms with Gasteiger partial charge in [-0.3, -0.25) is 0 Å². The van der Waals surface area contributed by atoms with Crippen molar-refractivity contribution >= 4 is 11.8 Å². The highest BCUT2D eigenvalue weighted by molar-refractivity contribution is 5.57. The highest BCUT2D eigenvalue weighted by atomic mass is 19.2. The molecule has 0 saturated carbocycles. The largest absolute Gasteiger partial charge is 0.388 e. The third-order valence-electron chi connectivity index (χ3n) is 3.56. The van der Waals surface area contributed by atoms with E-state index in [2.05, 4.69) is 18.5 Å². The number of nitrogens with zero attached hydrogens (tertiary/aromatic N) is 1. The maximum absolute atomic E-state index is 12.8. The Bertz CT molecular complexity index is 613. The summed E-state index contributed by atoms with van der Waals surface area (Å²) in [6.07, 6.45) is 7.63. The van der Waals surface area contributed by atoms with Crippen LogP contribution >= 0.6 is 0 Å². The molecule has 0 radical (unpaired) electrons. The topological polar surface area (TPSA) is 24.5 Å². The zero-order valence-electron chi connectivity index (χ0n) is 15.0. The number of hydrogen-bond acceptors (Lipinski definition) is 3. The van der Waals surface area contributed by atoms with Crippen molar-refractivity contribution < 1.29 is 9.22 Å². The highest BCUT2D eigenvalue weighted by Gasteiger charge is 2.21. The minimum Gasteiger partial charge on any atom is -0.388 e. The van der Waals surface area contributed by atoms with Gasteiger partial charge in [0.15, 0.2) is 0 Å². The molecular weight excluding hydrogens is 303 g/mol. The van der Waals surface area contributed by atoms with Crippen LogP contribution in [0.3, 0.4) is 0 Å². The molecule has 0 fully saturated rings. The quantitative estimate of drug-likeness (QED) is 0.393. The first-order valence-electron chi connectivity index (χ1n) is 7.78. The molecule has 24 heavy (non-hydrogen) atoms. The van der Waals surface area contributed by atoms with E-state index < -0.39 is 5.60 Å². The lowest BCUT2D eigenvalue weighted by atomic mass is 9.98. The van der Waals surface area contributed by atoms with Gasteiger partial charge < -0.3 is 10.1 Å². The molecule has 3 nitrogen and oxygen atoms in total. The average molecular weight is 330 g/mol. The van der Waals surface area contributed by atoms with Gasteiger partial charge in [0.25, 0.3) is 0 Å². The first kappa shape index (κ1) is 19.9. The Morgan fingerprint density at radius 1 is 1.21 bits per heavy atom. The molecule has 0 aliphatic heterocycles. The molecule has 1 rings (SSSR count). The van der Waals surface area contributed by atoms with E-state index >= 15 is 0 Å². The van der Waals surface area contributed by atoms with Crippen molar-refractivity contribution in [1.29, 1.82) is 0 Å². The Labute approximate surface area is 144 Å². The number of ether oxygens (including phenoxy) is 1. The third kappa shape index (κ3) is 6.94. The fraction of sp³-hybridized carbons (Fsp3) is 0.300. The Kier molecular flexibility index (Phi) is 7.62. The second-order valence-electron chi connectivity index (χ2n) is 6.03. The van der Waals surface area contributed by atoms with Gasteiger partial charge in [0, 0.05) is 19.8 Å². The van der Waals surface area contributed by atoms with E-state index in [0.717, 1.165) is 22.4 Å². The van der Waals surface area contributed by atoms with Crippen LogP contribution in [-0.4, -0.2) is 31.5 Å². The molecule has 0 bridgehead atoms. The number of anilines is 1. The van der Waals surface area contributed by atoms with Crippen molar-refractivity contribution in [3.05, 3.63) is 72.4 Å². The van der Waals surface area contributed by atoms with E-state index in [9.17, 15) is 4.48 Å². The maximum Gasteiger partial charge on any atom is 0.128 e. The number of rotatable bonds is 9. The van der Waals surface area contributed by atoms with Crippen molar-refractivity contribution in [2.45, 2.75) is 19.4 Å². The predicted octanol–water partition coefficient (Wildman–Crippen LogP) is 4.98. The summed E-state index contributed by atoms with van der Waals surface area (Å²) in [4.78, 5) is 0. The zero-order valence-corrected chi connectivity index (χ0v) is 15.0. The first-order chi connectivity index (χ1) is 11.2. The van der Waals surface area contributed by atoms with Gasteiger partial charge in [-0.05, 0) is 42.7 Å². The van der Waals surface area contributed by atoms with E-state index in [1.807, 2.05) is 69.5 Å². The summed E-state index contributed by atoms with van der Waals surface area (Å²) in [6.45, 7) is 11.6. The van der Waals surface area contributed by atoms with Gasteiger partial charge in [0.1, 0.15) is 6.73 Å². The molecular formula is C20H27FN2O. The summed E-state index contributed by atoms with van der Waals surface area (Å²) in [6, 6.07) is 8.09. The van der Waals surface area contributed by atoms with E-state index in [-0.39, 0.29) is 6.73 Å². The van der Waals surface area contributed by atoms with Gasteiger partial charge >= 0.3 is 0 Å². The fourth-order valence-corrected chi connectivity index (χ4v) is 1.77. The standard InChI is InChI=1S/C20H27FN2O/c1-16(8-10-18-11-13-19(22-5)14-12-18)7-9-17(2)20(3,4)24-15-23(6)21/h7-14,22H,1-2,15H2,3-6H3/b9-7-,10-8+. The predicted molar refractivity (Wildman–Crippen MR) is 101 cm³/mol. The van der Waals surface area contributed by atoms with Crippen molar-refractivity contribution in [3.63, 3.8) is 0 Å². The molecule has 0 aromatic heterocycles.